The summed E-state index contributed by atoms with van der Waals surface area (Å²) in [5.74, 6) is 4.30. The van der Waals surface area contributed by atoms with Gasteiger partial charge >= 0.3 is 0 Å². The average Bonchev–Trinajstić information content (AvgIpc) is 3.28. The van der Waals surface area contributed by atoms with Crippen LogP contribution in [0.5, 0.6) is 23.1 Å². The fourth-order valence-corrected chi connectivity index (χ4v) is 4.55. The minimum absolute atomic E-state index is 0.414. The topological polar surface area (TPSA) is 49.8 Å². The van der Waals surface area contributed by atoms with Gasteiger partial charge in [0.05, 0.1) is 20.3 Å². The Bertz CT molecular complexity index is 1090. The Labute approximate surface area is 200 Å². The van der Waals surface area contributed by atoms with Gasteiger partial charge in [-0.15, -0.1) is 0 Å². The zero-order valence-electron chi connectivity index (χ0n) is 19.8. The highest BCUT2D eigenvalue weighted by Crippen LogP contribution is 2.37. The van der Waals surface area contributed by atoms with Crippen LogP contribution in [0.1, 0.15) is 28.7 Å². The summed E-state index contributed by atoms with van der Waals surface area (Å²) in [6.07, 6.45) is 5.91. The zero-order chi connectivity index (χ0) is 23.2. The van der Waals surface area contributed by atoms with E-state index < -0.39 is 0 Å². The molecule has 0 amide bonds. The second-order valence-electron chi connectivity index (χ2n) is 8.18. The summed E-state index contributed by atoms with van der Waals surface area (Å²) in [6.45, 7) is 6.10. The maximum absolute atomic E-state index is 5.98. The molecule has 0 unspecified atom stereocenters. The summed E-state index contributed by atoms with van der Waals surface area (Å²) in [7, 11) is 1.71. The zero-order valence-corrected chi connectivity index (χ0v) is 20.6. The van der Waals surface area contributed by atoms with Crippen LogP contribution in [0.2, 0.25) is 0 Å². The van der Waals surface area contributed by atoms with Crippen LogP contribution < -0.4 is 18.9 Å². The second-order valence-corrected chi connectivity index (χ2v) is 9.16. The third kappa shape index (κ3) is 5.56. The standard InChI is InChI=1S/C27H31NO4S/c1-18-12-22(30-9-5-11-33-4)13-19(2)27(18)23-14-20(6-7-24(23)29-3)17-32-26-15-25-21(16-28-26)8-10-31-25/h6-7,12-16H,5,8-11,17H2,1-4H3. The van der Waals surface area contributed by atoms with Gasteiger partial charge < -0.3 is 18.9 Å². The molecule has 2 aromatic carbocycles. The molecule has 0 atom stereocenters. The van der Waals surface area contributed by atoms with Crippen LogP contribution in [-0.4, -0.2) is 37.3 Å². The SMILES string of the molecule is COc1ccc(COc2cc3c(cn2)CCO3)cc1-c1c(C)cc(OCCCSC)cc1C. The first kappa shape index (κ1) is 23.3. The lowest BCUT2D eigenvalue weighted by atomic mass is 9.93. The van der Waals surface area contributed by atoms with Gasteiger partial charge in [0.15, 0.2) is 0 Å². The lowest BCUT2D eigenvalue weighted by Crippen LogP contribution is -2.02. The number of thioether (sulfide) groups is 1. The quantitative estimate of drug-likeness (QED) is 0.341. The van der Waals surface area contributed by atoms with Crippen molar-refractivity contribution in [2.45, 2.75) is 33.3 Å². The van der Waals surface area contributed by atoms with E-state index in [9.17, 15) is 0 Å². The van der Waals surface area contributed by atoms with Crippen molar-refractivity contribution >= 4 is 11.8 Å². The number of methoxy groups -OCH3 is 1. The molecule has 4 rings (SSSR count). The van der Waals surface area contributed by atoms with Crippen molar-refractivity contribution < 1.29 is 18.9 Å². The fourth-order valence-electron chi connectivity index (χ4n) is 4.14. The van der Waals surface area contributed by atoms with E-state index in [1.165, 1.54) is 0 Å². The number of rotatable bonds is 10. The van der Waals surface area contributed by atoms with Gasteiger partial charge in [0.1, 0.15) is 23.9 Å². The molecule has 2 heterocycles. The molecule has 174 valence electrons. The van der Waals surface area contributed by atoms with Gasteiger partial charge in [0, 0.05) is 29.8 Å². The first-order chi connectivity index (χ1) is 16.1. The molecule has 1 aliphatic rings. The molecule has 5 nitrogen and oxygen atoms in total. The van der Waals surface area contributed by atoms with Crippen molar-refractivity contribution in [1.29, 1.82) is 0 Å². The van der Waals surface area contributed by atoms with Gasteiger partial charge in [-0.3, -0.25) is 0 Å². The Kier molecular flexibility index (Phi) is 7.65. The molecule has 0 fully saturated rings. The molecule has 1 aromatic heterocycles. The minimum atomic E-state index is 0.414. The van der Waals surface area contributed by atoms with Gasteiger partial charge in [-0.25, -0.2) is 4.98 Å². The van der Waals surface area contributed by atoms with Gasteiger partial charge in [-0.1, -0.05) is 6.07 Å². The summed E-state index contributed by atoms with van der Waals surface area (Å²) in [5.41, 5.74) is 6.70. The van der Waals surface area contributed by atoms with E-state index in [2.05, 4.69) is 43.3 Å². The van der Waals surface area contributed by atoms with Crippen molar-refractivity contribution in [3.05, 3.63) is 64.8 Å². The fraction of sp³-hybridized carbons (Fsp3) is 0.370. The molecule has 0 N–H and O–H groups in total. The Morgan fingerprint density at radius 2 is 1.88 bits per heavy atom. The molecule has 3 aromatic rings. The number of hydrogen-bond acceptors (Lipinski definition) is 6. The van der Waals surface area contributed by atoms with Crippen molar-refractivity contribution in [1.82, 2.24) is 4.98 Å². The molecule has 0 saturated heterocycles. The summed E-state index contributed by atoms with van der Waals surface area (Å²) in [6, 6.07) is 12.3. The Morgan fingerprint density at radius 1 is 1.06 bits per heavy atom. The first-order valence-corrected chi connectivity index (χ1v) is 12.6. The Morgan fingerprint density at radius 3 is 2.64 bits per heavy atom. The predicted octanol–water partition coefficient (Wildman–Crippen LogP) is 6.02. The number of ether oxygens (including phenoxy) is 4. The lowest BCUT2D eigenvalue weighted by Gasteiger charge is -2.17. The van der Waals surface area contributed by atoms with Crippen LogP contribution in [-0.2, 0) is 13.0 Å². The van der Waals surface area contributed by atoms with E-state index in [1.54, 1.807) is 7.11 Å². The van der Waals surface area contributed by atoms with Crippen LogP contribution in [0.15, 0.2) is 42.6 Å². The van der Waals surface area contributed by atoms with Gasteiger partial charge in [-0.05, 0) is 78.8 Å². The number of hydrogen-bond donors (Lipinski definition) is 0. The minimum Gasteiger partial charge on any atom is -0.496 e. The van der Waals surface area contributed by atoms with Crippen molar-refractivity contribution in [3.8, 4) is 34.3 Å². The lowest BCUT2D eigenvalue weighted by molar-refractivity contribution is 0.290. The third-order valence-corrected chi connectivity index (χ3v) is 6.43. The highest BCUT2D eigenvalue weighted by molar-refractivity contribution is 7.98. The monoisotopic (exact) mass is 465 g/mol. The summed E-state index contributed by atoms with van der Waals surface area (Å²) in [5, 5.41) is 0. The Hall–Kier alpha value is -2.86. The predicted molar refractivity (Wildman–Crippen MR) is 134 cm³/mol. The molecule has 0 spiro atoms. The molecule has 0 saturated carbocycles. The summed E-state index contributed by atoms with van der Waals surface area (Å²) >= 11 is 1.84. The van der Waals surface area contributed by atoms with E-state index in [4.69, 9.17) is 18.9 Å². The van der Waals surface area contributed by atoms with Crippen LogP contribution >= 0.6 is 11.8 Å². The number of aryl methyl sites for hydroxylation is 2. The average molecular weight is 466 g/mol. The number of benzene rings is 2. The number of nitrogens with zero attached hydrogens (tertiary/aromatic N) is 1. The molecule has 1 aliphatic heterocycles. The van der Waals surface area contributed by atoms with Crippen LogP contribution in [0.3, 0.4) is 0 Å². The van der Waals surface area contributed by atoms with Gasteiger partial charge in [0.2, 0.25) is 5.88 Å². The highest BCUT2D eigenvalue weighted by atomic mass is 32.2. The van der Waals surface area contributed by atoms with E-state index in [-0.39, 0.29) is 0 Å². The van der Waals surface area contributed by atoms with Crippen molar-refractivity contribution in [3.63, 3.8) is 0 Å². The van der Waals surface area contributed by atoms with Crippen LogP contribution in [0, 0.1) is 13.8 Å². The summed E-state index contributed by atoms with van der Waals surface area (Å²) in [4.78, 5) is 4.41. The largest absolute Gasteiger partial charge is 0.496 e. The molecule has 0 bridgehead atoms. The molecule has 0 aliphatic carbocycles. The van der Waals surface area contributed by atoms with E-state index >= 15 is 0 Å². The molecular formula is C27H31NO4S. The normalized spacial score (nSPS) is 12.2. The Balaban J connectivity index is 1.54. The van der Waals surface area contributed by atoms with E-state index in [1.807, 2.05) is 36.2 Å². The number of fused-ring (bicyclic) bond motifs is 1. The van der Waals surface area contributed by atoms with E-state index in [0.29, 0.717) is 19.1 Å². The maximum atomic E-state index is 5.98. The number of aromatic nitrogens is 1. The molecule has 0 radical (unpaired) electrons. The maximum Gasteiger partial charge on any atom is 0.217 e. The molecular weight excluding hydrogens is 434 g/mol. The van der Waals surface area contributed by atoms with Crippen molar-refractivity contribution in [2.75, 3.05) is 32.3 Å². The van der Waals surface area contributed by atoms with Crippen molar-refractivity contribution in [2.24, 2.45) is 0 Å². The molecule has 33 heavy (non-hydrogen) atoms. The van der Waals surface area contributed by atoms with Crippen LogP contribution in [0.25, 0.3) is 11.1 Å². The second kappa shape index (κ2) is 10.8. The third-order valence-electron chi connectivity index (χ3n) is 5.74. The van der Waals surface area contributed by atoms with E-state index in [0.717, 1.165) is 75.8 Å². The summed E-state index contributed by atoms with van der Waals surface area (Å²) < 4.78 is 23.3. The highest BCUT2D eigenvalue weighted by Gasteiger charge is 2.16. The van der Waals surface area contributed by atoms with Gasteiger partial charge in [-0.2, -0.15) is 11.8 Å². The molecule has 6 heteroatoms. The van der Waals surface area contributed by atoms with Crippen LogP contribution in [0.4, 0.5) is 0 Å². The smallest absolute Gasteiger partial charge is 0.217 e. The first-order valence-electron chi connectivity index (χ1n) is 11.2. The van der Waals surface area contributed by atoms with Gasteiger partial charge in [0.25, 0.3) is 0 Å². The number of pyridine rings is 1.